The van der Waals surface area contributed by atoms with Gasteiger partial charge >= 0.3 is 6.03 Å². The predicted octanol–water partition coefficient (Wildman–Crippen LogP) is 1.73. The number of halogens is 1. The summed E-state index contributed by atoms with van der Waals surface area (Å²) in [5.41, 5.74) is 0. The van der Waals surface area contributed by atoms with Gasteiger partial charge in [-0.05, 0) is 35.0 Å². The minimum absolute atomic E-state index is 0.0535. The number of carbonyl (C=O) groups is 2. The van der Waals surface area contributed by atoms with Crippen LogP contribution in [-0.4, -0.2) is 31.2 Å². The first-order chi connectivity index (χ1) is 9.88. The summed E-state index contributed by atoms with van der Waals surface area (Å²) in [5.74, 6) is -0.642. The summed E-state index contributed by atoms with van der Waals surface area (Å²) >= 11 is 5.87. The zero-order chi connectivity index (χ0) is 15.2. The number of sulfonamides is 1. The molecule has 0 aromatic heterocycles. The Labute approximate surface area is 125 Å². The summed E-state index contributed by atoms with van der Waals surface area (Å²) in [4.78, 5) is 22.6. The molecule has 3 amide bonds. The molecule has 21 heavy (non-hydrogen) atoms. The lowest BCUT2D eigenvalue weighted by molar-refractivity contribution is -0.118. The van der Waals surface area contributed by atoms with Crippen molar-refractivity contribution < 1.29 is 18.0 Å². The Bertz CT molecular complexity index is 879. The summed E-state index contributed by atoms with van der Waals surface area (Å²) in [6.45, 7) is -0.500. The summed E-state index contributed by atoms with van der Waals surface area (Å²) < 4.78 is 25.3. The van der Waals surface area contributed by atoms with Crippen LogP contribution < -0.4 is 5.32 Å². The van der Waals surface area contributed by atoms with Crippen LogP contribution in [-0.2, 0) is 14.8 Å². The molecule has 0 aliphatic carbocycles. The number of hydrogen-bond donors (Lipinski definition) is 1. The molecule has 1 saturated heterocycles. The van der Waals surface area contributed by atoms with Crippen LogP contribution in [0.2, 0.25) is 5.02 Å². The van der Waals surface area contributed by atoms with Crippen molar-refractivity contribution in [2.75, 3.05) is 6.54 Å². The molecule has 2 aromatic carbocycles. The van der Waals surface area contributed by atoms with E-state index < -0.39 is 28.5 Å². The van der Waals surface area contributed by atoms with E-state index in [4.69, 9.17) is 11.6 Å². The standard InChI is InChI=1S/C13H9ClN2O4S/c14-10-3-1-9-6-11(4-2-8(9)5-10)21(19,20)16-7-12(17)15-13(16)18/h1-6H,7H2,(H,15,17,18). The second-order valence-corrected chi connectivity index (χ2v) is 6.82. The number of carbonyl (C=O) groups excluding carboxylic acids is 2. The molecule has 1 N–H and O–H groups in total. The van der Waals surface area contributed by atoms with E-state index in [-0.39, 0.29) is 4.90 Å². The number of nitrogens with zero attached hydrogens (tertiary/aromatic N) is 1. The number of nitrogens with one attached hydrogen (secondary N) is 1. The van der Waals surface area contributed by atoms with Crippen LogP contribution in [0.15, 0.2) is 41.3 Å². The predicted molar refractivity (Wildman–Crippen MR) is 76.4 cm³/mol. The molecule has 0 bridgehead atoms. The molecule has 3 rings (SSSR count). The van der Waals surface area contributed by atoms with Crippen molar-refractivity contribution in [1.29, 1.82) is 0 Å². The maximum absolute atomic E-state index is 12.4. The number of hydrogen-bond acceptors (Lipinski definition) is 4. The lowest BCUT2D eigenvalue weighted by atomic mass is 10.1. The second kappa shape index (κ2) is 4.71. The highest BCUT2D eigenvalue weighted by Crippen LogP contribution is 2.25. The van der Waals surface area contributed by atoms with Crippen LogP contribution >= 0.6 is 11.6 Å². The summed E-state index contributed by atoms with van der Waals surface area (Å²) in [5, 5.41) is 3.94. The van der Waals surface area contributed by atoms with Gasteiger partial charge in [0, 0.05) is 5.02 Å². The second-order valence-electron chi connectivity index (χ2n) is 4.52. The SMILES string of the molecule is O=C1CN(S(=O)(=O)c2ccc3cc(Cl)ccc3c2)C(=O)N1. The molecule has 2 aromatic rings. The number of imide groups is 1. The van der Waals surface area contributed by atoms with E-state index in [0.717, 1.165) is 5.39 Å². The van der Waals surface area contributed by atoms with Gasteiger partial charge in [0.2, 0.25) is 5.91 Å². The van der Waals surface area contributed by atoms with Gasteiger partial charge in [-0.25, -0.2) is 17.5 Å². The number of urea groups is 1. The third-order valence-corrected chi connectivity index (χ3v) is 5.08. The lowest BCUT2D eigenvalue weighted by Gasteiger charge is -2.14. The quantitative estimate of drug-likeness (QED) is 0.853. The minimum Gasteiger partial charge on any atom is -0.275 e. The Kier molecular flexibility index (Phi) is 3.11. The first kappa shape index (κ1) is 13.8. The Balaban J connectivity index is 2.09. The van der Waals surface area contributed by atoms with Crippen LogP contribution in [0, 0.1) is 0 Å². The van der Waals surface area contributed by atoms with E-state index in [9.17, 15) is 18.0 Å². The zero-order valence-electron chi connectivity index (χ0n) is 10.5. The summed E-state index contributed by atoms with van der Waals surface area (Å²) in [6.07, 6.45) is 0. The molecule has 0 spiro atoms. The van der Waals surface area contributed by atoms with Crippen molar-refractivity contribution in [1.82, 2.24) is 9.62 Å². The van der Waals surface area contributed by atoms with E-state index in [1.807, 2.05) is 5.32 Å². The van der Waals surface area contributed by atoms with Gasteiger partial charge in [0.15, 0.2) is 0 Å². The minimum atomic E-state index is -4.05. The maximum atomic E-state index is 12.4. The van der Waals surface area contributed by atoms with E-state index in [1.54, 1.807) is 24.3 Å². The number of fused-ring (bicyclic) bond motifs is 1. The highest BCUT2D eigenvalue weighted by Gasteiger charge is 2.37. The third-order valence-electron chi connectivity index (χ3n) is 3.12. The van der Waals surface area contributed by atoms with Gasteiger partial charge in [0.25, 0.3) is 10.0 Å². The smallest absolute Gasteiger partial charge is 0.275 e. The fourth-order valence-electron chi connectivity index (χ4n) is 2.10. The van der Waals surface area contributed by atoms with Crippen molar-refractivity contribution in [3.05, 3.63) is 41.4 Å². The van der Waals surface area contributed by atoms with Crippen molar-refractivity contribution in [3.63, 3.8) is 0 Å². The Morgan fingerprint density at radius 1 is 1.05 bits per heavy atom. The molecule has 1 fully saturated rings. The average molecular weight is 325 g/mol. The number of amides is 3. The van der Waals surface area contributed by atoms with Crippen molar-refractivity contribution in [2.24, 2.45) is 0 Å². The van der Waals surface area contributed by atoms with Gasteiger partial charge in [0.1, 0.15) is 6.54 Å². The van der Waals surface area contributed by atoms with Crippen LogP contribution in [0.25, 0.3) is 10.8 Å². The average Bonchev–Trinajstić information content (AvgIpc) is 2.77. The molecular weight excluding hydrogens is 316 g/mol. The molecule has 1 aliphatic rings. The van der Waals surface area contributed by atoms with E-state index >= 15 is 0 Å². The fourth-order valence-corrected chi connectivity index (χ4v) is 3.60. The zero-order valence-corrected chi connectivity index (χ0v) is 12.1. The molecule has 1 heterocycles. The van der Waals surface area contributed by atoms with Crippen molar-refractivity contribution >= 4 is 44.3 Å². The molecule has 8 heteroatoms. The van der Waals surface area contributed by atoms with E-state index in [0.29, 0.717) is 14.7 Å². The first-order valence-electron chi connectivity index (χ1n) is 5.94. The maximum Gasteiger partial charge on any atom is 0.338 e. The van der Waals surface area contributed by atoms with Crippen LogP contribution in [0.5, 0.6) is 0 Å². The van der Waals surface area contributed by atoms with Gasteiger partial charge < -0.3 is 0 Å². The number of benzene rings is 2. The largest absolute Gasteiger partial charge is 0.338 e. The van der Waals surface area contributed by atoms with Gasteiger partial charge in [-0.1, -0.05) is 23.7 Å². The highest BCUT2D eigenvalue weighted by atomic mass is 35.5. The van der Waals surface area contributed by atoms with Gasteiger partial charge in [-0.3, -0.25) is 10.1 Å². The number of rotatable bonds is 2. The fraction of sp³-hybridized carbons (Fsp3) is 0.0769. The molecule has 0 radical (unpaired) electrons. The molecular formula is C13H9ClN2O4S. The topological polar surface area (TPSA) is 83.6 Å². The van der Waals surface area contributed by atoms with Gasteiger partial charge in [0.05, 0.1) is 4.90 Å². The van der Waals surface area contributed by atoms with Gasteiger partial charge in [-0.2, -0.15) is 0 Å². The Hall–Kier alpha value is -2.12. The lowest BCUT2D eigenvalue weighted by Crippen LogP contribution is -2.34. The van der Waals surface area contributed by atoms with Gasteiger partial charge in [-0.15, -0.1) is 0 Å². The summed E-state index contributed by atoms with van der Waals surface area (Å²) in [6, 6.07) is 8.53. The van der Waals surface area contributed by atoms with Crippen molar-refractivity contribution in [3.8, 4) is 0 Å². The van der Waals surface area contributed by atoms with E-state index in [2.05, 4.69) is 0 Å². The third kappa shape index (κ3) is 2.34. The molecule has 108 valence electrons. The normalized spacial score (nSPS) is 15.6. The molecule has 0 saturated carbocycles. The van der Waals surface area contributed by atoms with E-state index in [1.165, 1.54) is 12.1 Å². The van der Waals surface area contributed by atoms with Crippen LogP contribution in [0.1, 0.15) is 0 Å². The van der Waals surface area contributed by atoms with Crippen LogP contribution in [0.3, 0.4) is 0 Å². The molecule has 6 nitrogen and oxygen atoms in total. The summed E-state index contributed by atoms with van der Waals surface area (Å²) in [7, 11) is -4.05. The molecule has 1 aliphatic heterocycles. The molecule has 0 atom stereocenters. The van der Waals surface area contributed by atoms with Crippen molar-refractivity contribution in [2.45, 2.75) is 4.90 Å². The Morgan fingerprint density at radius 3 is 2.38 bits per heavy atom. The van der Waals surface area contributed by atoms with Crippen LogP contribution in [0.4, 0.5) is 4.79 Å². The monoisotopic (exact) mass is 324 g/mol. The Morgan fingerprint density at radius 2 is 1.71 bits per heavy atom. The highest BCUT2D eigenvalue weighted by molar-refractivity contribution is 7.89. The first-order valence-corrected chi connectivity index (χ1v) is 7.75. The molecule has 0 unspecified atom stereocenters.